The smallest absolute Gasteiger partial charge is 0.0227 e. The molecule has 6 saturated carbocycles. The van der Waals surface area contributed by atoms with Gasteiger partial charge in [0, 0.05) is 0 Å². The van der Waals surface area contributed by atoms with Crippen molar-refractivity contribution < 1.29 is 0 Å². The summed E-state index contributed by atoms with van der Waals surface area (Å²) in [5, 5.41) is 0. The summed E-state index contributed by atoms with van der Waals surface area (Å²) >= 11 is 0. The Labute approximate surface area is 80.1 Å². The van der Waals surface area contributed by atoms with Gasteiger partial charge in [0.15, 0.2) is 0 Å². The van der Waals surface area contributed by atoms with E-state index in [0.29, 0.717) is 0 Å². The molecule has 6 rings (SSSR count). The molecule has 0 heteroatoms. The SMILES string of the molecule is C1CC2CC34CC1C1CC(C3C1)C24. The van der Waals surface area contributed by atoms with E-state index in [1.165, 1.54) is 35.5 Å². The highest BCUT2D eigenvalue weighted by Crippen LogP contribution is 2.83. The quantitative estimate of drug-likeness (QED) is 0.529. The predicted molar refractivity (Wildman–Crippen MR) is 51.1 cm³/mol. The molecule has 0 N–H and O–H groups in total. The third-order valence-electron chi connectivity index (χ3n) is 6.88. The van der Waals surface area contributed by atoms with E-state index in [2.05, 4.69) is 0 Å². The van der Waals surface area contributed by atoms with Crippen molar-refractivity contribution in [1.29, 1.82) is 0 Å². The van der Waals surface area contributed by atoms with Crippen molar-refractivity contribution in [3.63, 3.8) is 0 Å². The van der Waals surface area contributed by atoms with Crippen LogP contribution in [0.25, 0.3) is 0 Å². The Hall–Kier alpha value is 0. The average molecular weight is 174 g/mol. The first-order valence-corrected chi connectivity index (χ1v) is 6.38. The molecule has 0 aromatic heterocycles. The molecule has 6 aliphatic carbocycles. The maximum Gasteiger partial charge on any atom is -0.0227 e. The van der Waals surface area contributed by atoms with E-state index in [-0.39, 0.29) is 0 Å². The van der Waals surface area contributed by atoms with E-state index in [1.54, 1.807) is 38.5 Å². The van der Waals surface area contributed by atoms with Gasteiger partial charge < -0.3 is 0 Å². The molecule has 13 heavy (non-hydrogen) atoms. The lowest BCUT2D eigenvalue weighted by Gasteiger charge is -2.71. The molecule has 0 aromatic rings. The van der Waals surface area contributed by atoms with Crippen molar-refractivity contribution in [3.05, 3.63) is 0 Å². The van der Waals surface area contributed by atoms with E-state index in [1.807, 2.05) is 0 Å². The highest BCUT2D eigenvalue weighted by molar-refractivity contribution is 5.24. The Morgan fingerprint density at radius 2 is 1.69 bits per heavy atom. The summed E-state index contributed by atoms with van der Waals surface area (Å²) < 4.78 is 0. The Balaban J connectivity index is 1.75. The summed E-state index contributed by atoms with van der Waals surface area (Å²) in [4.78, 5) is 0. The molecule has 0 aromatic carbocycles. The van der Waals surface area contributed by atoms with Crippen LogP contribution in [0, 0.1) is 40.9 Å². The molecule has 0 radical (unpaired) electrons. The zero-order chi connectivity index (χ0) is 8.21. The summed E-state index contributed by atoms with van der Waals surface area (Å²) in [6, 6.07) is 0. The highest BCUT2D eigenvalue weighted by Gasteiger charge is 2.76. The third-order valence-corrected chi connectivity index (χ3v) is 6.88. The van der Waals surface area contributed by atoms with Gasteiger partial charge in [0.05, 0.1) is 0 Å². The van der Waals surface area contributed by atoms with Gasteiger partial charge in [0.1, 0.15) is 0 Å². The van der Waals surface area contributed by atoms with E-state index in [9.17, 15) is 0 Å². The van der Waals surface area contributed by atoms with Crippen LogP contribution in [-0.4, -0.2) is 0 Å². The Morgan fingerprint density at radius 1 is 0.846 bits per heavy atom. The van der Waals surface area contributed by atoms with E-state index < -0.39 is 0 Å². The molecule has 7 unspecified atom stereocenters. The van der Waals surface area contributed by atoms with E-state index in [4.69, 9.17) is 0 Å². The van der Waals surface area contributed by atoms with E-state index in [0.717, 1.165) is 5.41 Å². The van der Waals surface area contributed by atoms with Crippen LogP contribution < -0.4 is 0 Å². The van der Waals surface area contributed by atoms with Gasteiger partial charge in [-0.3, -0.25) is 0 Å². The molecular formula is C13H18. The fourth-order valence-electron chi connectivity index (χ4n) is 6.74. The Morgan fingerprint density at radius 3 is 2.69 bits per heavy atom. The molecule has 0 saturated heterocycles. The molecule has 0 nitrogen and oxygen atoms in total. The van der Waals surface area contributed by atoms with Gasteiger partial charge in [-0.25, -0.2) is 0 Å². The van der Waals surface area contributed by atoms with Crippen LogP contribution in [0.5, 0.6) is 0 Å². The van der Waals surface area contributed by atoms with Crippen LogP contribution in [0.1, 0.15) is 38.5 Å². The summed E-state index contributed by atoms with van der Waals surface area (Å²) in [6.45, 7) is 0. The van der Waals surface area contributed by atoms with Crippen LogP contribution in [-0.2, 0) is 0 Å². The van der Waals surface area contributed by atoms with Crippen LogP contribution in [0.15, 0.2) is 0 Å². The minimum Gasteiger partial charge on any atom is -0.0499 e. The Bertz CT molecular complexity index is 292. The number of hydrogen-bond acceptors (Lipinski definition) is 0. The van der Waals surface area contributed by atoms with Crippen molar-refractivity contribution in [1.82, 2.24) is 0 Å². The molecule has 0 aliphatic heterocycles. The zero-order valence-corrected chi connectivity index (χ0v) is 8.21. The van der Waals surface area contributed by atoms with Crippen LogP contribution in [0.2, 0.25) is 0 Å². The first kappa shape index (κ1) is 6.48. The van der Waals surface area contributed by atoms with E-state index >= 15 is 0 Å². The van der Waals surface area contributed by atoms with Crippen molar-refractivity contribution >= 4 is 0 Å². The third kappa shape index (κ3) is 0.461. The average Bonchev–Trinajstić information content (AvgIpc) is 2.27. The Kier molecular flexibility index (Phi) is 0.804. The lowest BCUT2D eigenvalue weighted by atomic mass is 9.33. The maximum atomic E-state index is 1.68. The van der Waals surface area contributed by atoms with Crippen LogP contribution in [0.4, 0.5) is 0 Å². The highest BCUT2D eigenvalue weighted by atomic mass is 14.8. The summed E-state index contributed by atoms with van der Waals surface area (Å²) in [7, 11) is 0. The molecule has 1 spiro atoms. The lowest BCUT2D eigenvalue weighted by Crippen LogP contribution is -2.65. The fraction of sp³-hybridized carbons (Fsp3) is 1.00. The standard InChI is InChI=1S/C13H18/c1-2-8-6-13-5-7(1)9-3-10(12(8)13)11(13)4-9/h7-12H,1-6H2. The zero-order valence-electron chi connectivity index (χ0n) is 8.21. The molecule has 0 amide bonds. The number of rotatable bonds is 0. The summed E-state index contributed by atoms with van der Waals surface area (Å²) in [5.74, 6) is 7.35. The van der Waals surface area contributed by atoms with Gasteiger partial charge in [0.2, 0.25) is 0 Å². The summed E-state index contributed by atoms with van der Waals surface area (Å²) in [6.07, 6.45) is 9.92. The normalized spacial score (nSPS) is 75.7. The minimum absolute atomic E-state index is 0.976. The fourth-order valence-corrected chi connectivity index (χ4v) is 6.74. The summed E-state index contributed by atoms with van der Waals surface area (Å²) in [5.41, 5.74) is 0.976. The topological polar surface area (TPSA) is 0 Å². The van der Waals surface area contributed by atoms with Crippen LogP contribution >= 0.6 is 0 Å². The number of fused-ring (bicyclic) bond motifs is 2. The predicted octanol–water partition coefficient (Wildman–Crippen LogP) is 3.08. The van der Waals surface area contributed by atoms with Crippen molar-refractivity contribution in [2.45, 2.75) is 38.5 Å². The second-order valence-corrected chi connectivity index (χ2v) is 6.77. The monoisotopic (exact) mass is 174 g/mol. The molecular weight excluding hydrogens is 156 g/mol. The van der Waals surface area contributed by atoms with Gasteiger partial charge in [-0.15, -0.1) is 0 Å². The molecule has 6 fully saturated rings. The van der Waals surface area contributed by atoms with Gasteiger partial charge in [-0.1, -0.05) is 0 Å². The van der Waals surface area contributed by atoms with Crippen LogP contribution in [0.3, 0.4) is 0 Å². The van der Waals surface area contributed by atoms with Crippen molar-refractivity contribution in [3.8, 4) is 0 Å². The molecule has 70 valence electrons. The first-order chi connectivity index (χ1) is 6.38. The molecule has 0 heterocycles. The lowest BCUT2D eigenvalue weighted by molar-refractivity contribution is -0.232. The van der Waals surface area contributed by atoms with Gasteiger partial charge >= 0.3 is 0 Å². The number of hydrogen-bond donors (Lipinski definition) is 0. The van der Waals surface area contributed by atoms with Gasteiger partial charge in [-0.2, -0.15) is 0 Å². The van der Waals surface area contributed by atoms with Gasteiger partial charge in [-0.05, 0) is 79.4 Å². The molecule has 6 aliphatic rings. The second-order valence-electron chi connectivity index (χ2n) is 6.77. The van der Waals surface area contributed by atoms with Crippen molar-refractivity contribution in [2.75, 3.05) is 0 Å². The second kappa shape index (κ2) is 1.61. The van der Waals surface area contributed by atoms with Gasteiger partial charge in [0.25, 0.3) is 0 Å². The molecule has 5 bridgehead atoms. The first-order valence-electron chi connectivity index (χ1n) is 6.38. The van der Waals surface area contributed by atoms with Crippen molar-refractivity contribution in [2.24, 2.45) is 40.9 Å². The largest absolute Gasteiger partial charge is 0.0499 e. The minimum atomic E-state index is 0.976. The maximum absolute atomic E-state index is 1.68. The molecule has 7 atom stereocenters.